The Bertz CT molecular complexity index is 1090. The maximum Gasteiger partial charge on any atom is 0.222 e. The van der Waals surface area contributed by atoms with Crippen LogP contribution in [0.15, 0.2) is 47.5 Å². The minimum absolute atomic E-state index is 0.147. The van der Waals surface area contributed by atoms with Crippen LogP contribution < -0.4 is 10.5 Å². The topological polar surface area (TPSA) is 71.2 Å². The molecular weight excluding hydrogens is 436 g/mol. The average Bonchev–Trinajstić information content (AvgIpc) is 2.85. The van der Waals surface area contributed by atoms with Crippen LogP contribution in [0.4, 0.5) is 5.69 Å². The summed E-state index contributed by atoms with van der Waals surface area (Å²) in [4.78, 5) is 22.7. The van der Waals surface area contributed by atoms with Crippen molar-refractivity contribution in [1.82, 2.24) is 9.80 Å². The second-order valence-corrected chi connectivity index (χ2v) is 10.6. The van der Waals surface area contributed by atoms with Crippen LogP contribution in [0.2, 0.25) is 0 Å². The zero-order chi connectivity index (χ0) is 24.4. The molecule has 5 bridgehead atoms. The third-order valence-electron chi connectivity index (χ3n) is 7.86. The van der Waals surface area contributed by atoms with E-state index in [2.05, 4.69) is 41.8 Å². The molecule has 1 fully saturated rings. The molecule has 1 saturated carbocycles. The van der Waals surface area contributed by atoms with Crippen LogP contribution in [0.1, 0.15) is 69.9 Å². The standard InChI is InChI=1S/C29H38N4O2/c1-20(2)27-13-14-28(34)32(23-8-4-3-5-9-23)16-15-21-7-6-10-24(17-21)35-25-11-12-26-22(18-25)19-33(27)29(30)31-26/h6-7,10-12,17-18,20,23,27H,3-5,8-9,13-16,19H2,1-2H3,(H2,30,31)/t27-/m0/s1. The fourth-order valence-corrected chi connectivity index (χ4v) is 5.92. The first kappa shape index (κ1) is 23.7. The van der Waals surface area contributed by atoms with E-state index in [4.69, 9.17) is 15.5 Å². The Hall–Kier alpha value is -3.02. The van der Waals surface area contributed by atoms with Gasteiger partial charge in [0.05, 0.1) is 5.69 Å². The van der Waals surface area contributed by atoms with Crippen molar-refractivity contribution in [1.29, 1.82) is 0 Å². The summed E-state index contributed by atoms with van der Waals surface area (Å²) in [6.07, 6.45) is 8.10. The summed E-state index contributed by atoms with van der Waals surface area (Å²) in [6.45, 7) is 5.85. The Balaban J connectivity index is 1.50. The molecule has 186 valence electrons. The van der Waals surface area contributed by atoms with Gasteiger partial charge in [0.15, 0.2) is 5.96 Å². The molecule has 0 aromatic heterocycles. The van der Waals surface area contributed by atoms with Crippen LogP contribution in [0.3, 0.4) is 0 Å². The van der Waals surface area contributed by atoms with E-state index in [9.17, 15) is 4.79 Å². The van der Waals surface area contributed by atoms with Gasteiger partial charge in [0.2, 0.25) is 5.91 Å². The van der Waals surface area contributed by atoms with Crippen LogP contribution >= 0.6 is 0 Å². The van der Waals surface area contributed by atoms with E-state index in [0.717, 1.165) is 55.0 Å². The Morgan fingerprint density at radius 2 is 1.77 bits per heavy atom. The molecule has 2 aromatic carbocycles. The van der Waals surface area contributed by atoms with E-state index < -0.39 is 0 Å². The van der Waals surface area contributed by atoms with Crippen molar-refractivity contribution >= 4 is 17.6 Å². The molecule has 2 aromatic rings. The molecule has 6 nitrogen and oxygen atoms in total. The predicted octanol–water partition coefficient (Wildman–Crippen LogP) is 5.76. The summed E-state index contributed by atoms with van der Waals surface area (Å²) in [5.41, 5.74) is 9.65. The first-order valence-corrected chi connectivity index (χ1v) is 13.3. The first-order valence-electron chi connectivity index (χ1n) is 13.3. The number of guanidine groups is 1. The third-order valence-corrected chi connectivity index (χ3v) is 7.86. The summed E-state index contributed by atoms with van der Waals surface area (Å²) < 4.78 is 6.26. The second kappa shape index (κ2) is 10.3. The molecule has 1 atom stereocenters. The molecule has 2 aliphatic heterocycles. The molecule has 0 spiro atoms. The molecule has 1 amide bonds. The molecule has 2 N–H and O–H groups in total. The molecule has 0 unspecified atom stereocenters. The number of rotatable bonds is 2. The van der Waals surface area contributed by atoms with Gasteiger partial charge < -0.3 is 20.3 Å². The maximum absolute atomic E-state index is 13.7. The number of carbonyl (C=O) groups is 1. The largest absolute Gasteiger partial charge is 0.457 e. The fraction of sp³-hybridized carbons (Fsp3) is 0.517. The number of amides is 1. The lowest BCUT2D eigenvalue weighted by atomic mass is 9.92. The number of ether oxygens (including phenoxy) is 1. The number of carbonyl (C=O) groups excluding carboxylic acids is 1. The van der Waals surface area contributed by atoms with Gasteiger partial charge in [-0.05, 0) is 67.5 Å². The third kappa shape index (κ3) is 5.31. The Kier molecular flexibility index (Phi) is 6.98. The molecule has 1 aliphatic carbocycles. The summed E-state index contributed by atoms with van der Waals surface area (Å²) in [6, 6.07) is 14.8. The fourth-order valence-electron chi connectivity index (χ4n) is 5.92. The number of hydrogen-bond donors (Lipinski definition) is 1. The lowest BCUT2D eigenvalue weighted by Crippen LogP contribution is -2.48. The smallest absolute Gasteiger partial charge is 0.222 e. The first-order chi connectivity index (χ1) is 17.0. The summed E-state index contributed by atoms with van der Waals surface area (Å²) in [7, 11) is 0. The van der Waals surface area contributed by atoms with Gasteiger partial charge in [-0.1, -0.05) is 45.2 Å². The van der Waals surface area contributed by atoms with E-state index in [-0.39, 0.29) is 11.9 Å². The van der Waals surface area contributed by atoms with Crippen molar-refractivity contribution in [2.45, 2.75) is 83.8 Å². The number of fused-ring (bicyclic) bond motifs is 4. The summed E-state index contributed by atoms with van der Waals surface area (Å²) in [5.74, 6) is 2.79. The zero-order valence-electron chi connectivity index (χ0n) is 21.1. The zero-order valence-corrected chi connectivity index (χ0v) is 21.1. The van der Waals surface area contributed by atoms with Crippen LogP contribution in [-0.2, 0) is 17.8 Å². The highest BCUT2D eigenvalue weighted by Gasteiger charge is 2.31. The molecule has 35 heavy (non-hydrogen) atoms. The highest BCUT2D eigenvalue weighted by atomic mass is 16.5. The number of nitrogens with zero attached hydrogens (tertiary/aromatic N) is 3. The van der Waals surface area contributed by atoms with E-state index >= 15 is 0 Å². The van der Waals surface area contributed by atoms with E-state index in [0.29, 0.717) is 30.9 Å². The minimum Gasteiger partial charge on any atom is -0.457 e. The SMILES string of the molecule is CC(C)[C@@H]1CCC(=O)N(C2CCCCC2)CCc2cccc(c2)Oc2ccc3c(c2)CN1C(N)=N3. The molecule has 0 saturated heterocycles. The average molecular weight is 475 g/mol. The van der Waals surface area contributed by atoms with Crippen molar-refractivity contribution in [3.63, 3.8) is 0 Å². The number of nitrogens with two attached hydrogens (primary N) is 1. The molecule has 6 heteroatoms. The number of benzene rings is 2. The lowest BCUT2D eigenvalue weighted by Gasteiger charge is -2.39. The van der Waals surface area contributed by atoms with Crippen molar-refractivity contribution < 1.29 is 9.53 Å². The predicted molar refractivity (Wildman–Crippen MR) is 140 cm³/mol. The van der Waals surface area contributed by atoms with Gasteiger partial charge in [-0.15, -0.1) is 0 Å². The van der Waals surface area contributed by atoms with Gasteiger partial charge in [0, 0.05) is 37.2 Å². The van der Waals surface area contributed by atoms with Crippen LogP contribution in [0.25, 0.3) is 0 Å². The van der Waals surface area contributed by atoms with E-state index in [1.54, 1.807) is 0 Å². The van der Waals surface area contributed by atoms with Gasteiger partial charge in [-0.25, -0.2) is 4.99 Å². The highest BCUT2D eigenvalue weighted by molar-refractivity contribution is 5.84. The normalized spacial score (nSPS) is 21.7. The van der Waals surface area contributed by atoms with Gasteiger partial charge in [0.25, 0.3) is 0 Å². The van der Waals surface area contributed by atoms with Gasteiger partial charge in [0.1, 0.15) is 11.5 Å². The van der Waals surface area contributed by atoms with Crippen molar-refractivity contribution in [3.05, 3.63) is 53.6 Å². The number of hydrogen-bond acceptors (Lipinski definition) is 5. The molecule has 0 radical (unpaired) electrons. The summed E-state index contributed by atoms with van der Waals surface area (Å²) >= 11 is 0. The second-order valence-electron chi connectivity index (χ2n) is 10.6. The Labute approximate surface area is 209 Å². The molecule has 3 aliphatic rings. The van der Waals surface area contributed by atoms with E-state index in [1.807, 2.05) is 24.3 Å². The van der Waals surface area contributed by atoms with Crippen molar-refractivity contribution in [2.75, 3.05) is 6.54 Å². The Morgan fingerprint density at radius 3 is 2.57 bits per heavy atom. The molecular formula is C29H38N4O2. The van der Waals surface area contributed by atoms with Crippen LogP contribution in [0.5, 0.6) is 11.5 Å². The van der Waals surface area contributed by atoms with Gasteiger partial charge in [-0.3, -0.25) is 4.79 Å². The molecule has 5 rings (SSSR count). The van der Waals surface area contributed by atoms with Crippen LogP contribution in [-0.4, -0.2) is 40.3 Å². The van der Waals surface area contributed by atoms with Gasteiger partial charge in [-0.2, -0.15) is 0 Å². The summed E-state index contributed by atoms with van der Waals surface area (Å²) in [5, 5.41) is 0. The maximum atomic E-state index is 13.7. The Morgan fingerprint density at radius 1 is 0.971 bits per heavy atom. The monoisotopic (exact) mass is 474 g/mol. The van der Waals surface area contributed by atoms with Gasteiger partial charge >= 0.3 is 0 Å². The lowest BCUT2D eigenvalue weighted by molar-refractivity contribution is -0.134. The minimum atomic E-state index is 0.147. The van der Waals surface area contributed by atoms with Crippen molar-refractivity contribution in [2.24, 2.45) is 16.6 Å². The van der Waals surface area contributed by atoms with E-state index in [1.165, 1.54) is 24.8 Å². The quantitative estimate of drug-likeness (QED) is 0.600. The van der Waals surface area contributed by atoms with Crippen LogP contribution in [0, 0.1) is 5.92 Å². The highest BCUT2D eigenvalue weighted by Crippen LogP contribution is 2.34. The molecule has 2 heterocycles. The van der Waals surface area contributed by atoms with Crippen molar-refractivity contribution in [3.8, 4) is 11.5 Å². The number of aliphatic imine (C=N–C) groups is 1.